The van der Waals surface area contributed by atoms with Gasteiger partial charge >= 0.3 is 0 Å². The predicted molar refractivity (Wildman–Crippen MR) is 180 cm³/mol. The zero-order valence-corrected chi connectivity index (χ0v) is 26.9. The Hall–Kier alpha value is -4.36. The fourth-order valence-electron chi connectivity index (χ4n) is 6.75. The van der Waals surface area contributed by atoms with Gasteiger partial charge in [-0.25, -0.2) is 0 Å². The highest BCUT2D eigenvalue weighted by molar-refractivity contribution is 6.30. The van der Waals surface area contributed by atoms with Gasteiger partial charge in [0.1, 0.15) is 0 Å². The van der Waals surface area contributed by atoms with Crippen LogP contribution in [0.1, 0.15) is 78.1 Å². The Kier molecular flexibility index (Phi) is 9.88. The van der Waals surface area contributed by atoms with Crippen LogP contribution in [-0.4, -0.2) is 36.4 Å². The van der Waals surface area contributed by atoms with Crippen molar-refractivity contribution in [3.05, 3.63) is 122 Å². The summed E-state index contributed by atoms with van der Waals surface area (Å²) in [5.41, 5.74) is 4.85. The van der Waals surface area contributed by atoms with Crippen molar-refractivity contribution in [1.29, 1.82) is 0 Å². The van der Waals surface area contributed by atoms with Gasteiger partial charge in [0.15, 0.2) is 22.5 Å². The van der Waals surface area contributed by atoms with E-state index in [4.69, 9.17) is 20.8 Å². The number of fused-ring (bicyclic) bond motifs is 1. The molecule has 2 aliphatic rings. The second-order valence-electron chi connectivity index (χ2n) is 12.3. The Morgan fingerprint density at radius 3 is 2.57 bits per heavy atom. The second-order valence-corrected chi connectivity index (χ2v) is 12.7. The van der Waals surface area contributed by atoms with Crippen molar-refractivity contribution in [2.75, 3.05) is 13.7 Å². The molecular formula is C38H39ClN2O5. The highest BCUT2D eigenvalue weighted by Gasteiger charge is 2.25. The Bertz CT molecular complexity index is 1800. The number of likely N-dealkylation sites (tertiary alicyclic amines) is 1. The summed E-state index contributed by atoms with van der Waals surface area (Å²) in [4.78, 5) is 40.9. The largest absolute Gasteiger partial charge is 0.493 e. The number of nitrogens with zero attached hydrogens (tertiary/aromatic N) is 1. The molecule has 0 bridgehead atoms. The summed E-state index contributed by atoms with van der Waals surface area (Å²) in [5.74, 6) is 0.541. The SMILES string of the molecule is COc1cccc2c(=O)cc(C(=O)N[C@@H](C=C3CCC(c4ccccc4CN4CCCCC4=O)CC3)Cc3ccc(Cl)cc3)oc12. The summed E-state index contributed by atoms with van der Waals surface area (Å²) in [6.45, 7) is 1.52. The Morgan fingerprint density at radius 1 is 1.02 bits per heavy atom. The summed E-state index contributed by atoms with van der Waals surface area (Å²) in [6.07, 6.45) is 9.25. The Morgan fingerprint density at radius 2 is 1.80 bits per heavy atom. The third-order valence-electron chi connectivity index (χ3n) is 9.19. The summed E-state index contributed by atoms with van der Waals surface area (Å²) in [5, 5.41) is 4.12. The first-order valence-corrected chi connectivity index (χ1v) is 16.5. The third-order valence-corrected chi connectivity index (χ3v) is 9.44. The second kappa shape index (κ2) is 14.4. The number of piperidine rings is 1. The number of nitrogens with one attached hydrogen (secondary N) is 1. The van der Waals surface area contributed by atoms with Gasteiger partial charge in [0.25, 0.3) is 5.91 Å². The van der Waals surface area contributed by atoms with Crippen LogP contribution in [0.25, 0.3) is 11.0 Å². The quantitative estimate of drug-likeness (QED) is 0.191. The molecule has 46 heavy (non-hydrogen) atoms. The molecule has 0 unspecified atom stereocenters. The van der Waals surface area contributed by atoms with Crippen LogP contribution in [0.4, 0.5) is 0 Å². The molecule has 2 amide bonds. The van der Waals surface area contributed by atoms with Gasteiger partial charge in [0.2, 0.25) is 5.91 Å². The number of carbonyl (C=O) groups is 2. The van der Waals surface area contributed by atoms with Crippen LogP contribution in [0.5, 0.6) is 5.75 Å². The van der Waals surface area contributed by atoms with E-state index in [1.54, 1.807) is 18.2 Å². The maximum Gasteiger partial charge on any atom is 0.287 e. The number of hydrogen-bond donors (Lipinski definition) is 1. The number of para-hydroxylation sites is 1. The predicted octanol–water partition coefficient (Wildman–Crippen LogP) is 7.59. The van der Waals surface area contributed by atoms with E-state index in [9.17, 15) is 14.4 Å². The first kappa shape index (κ1) is 31.6. The van der Waals surface area contributed by atoms with Crippen molar-refractivity contribution in [1.82, 2.24) is 10.2 Å². The lowest BCUT2D eigenvalue weighted by Gasteiger charge is -2.31. The molecule has 0 radical (unpaired) electrons. The number of allylic oxidation sites excluding steroid dienone is 1. The standard InChI is InChI=1S/C38H39ClN2O5/c1-45-34-10-6-9-32-33(42)23-35(46-37(32)34)38(44)40-30(22-26-14-18-29(39)19-15-26)21-25-12-16-27(17-13-25)31-8-3-2-7-28(31)24-41-20-5-4-11-36(41)43/h2-3,6-10,14-15,18-19,21,23,27,30H,4-5,11-13,16-17,20,22,24H2,1H3,(H,40,44)/t27?,30-/m0/s1. The van der Waals surface area contributed by atoms with Gasteiger partial charge in [0.05, 0.1) is 18.5 Å². The zero-order valence-electron chi connectivity index (χ0n) is 26.1. The number of ether oxygens (including phenoxy) is 1. The Labute approximate surface area is 274 Å². The molecule has 1 saturated carbocycles. The summed E-state index contributed by atoms with van der Waals surface area (Å²) in [7, 11) is 1.50. The minimum Gasteiger partial charge on any atom is -0.493 e. The molecule has 4 aromatic rings. The first-order chi connectivity index (χ1) is 22.4. The van der Waals surface area contributed by atoms with Crippen molar-refractivity contribution in [2.45, 2.75) is 69.9 Å². The molecule has 1 N–H and O–H groups in total. The molecule has 2 fully saturated rings. The van der Waals surface area contributed by atoms with Gasteiger partial charge in [-0.15, -0.1) is 0 Å². The first-order valence-electron chi connectivity index (χ1n) is 16.1. The van der Waals surface area contributed by atoms with E-state index in [-0.39, 0.29) is 28.7 Å². The van der Waals surface area contributed by atoms with E-state index >= 15 is 0 Å². The summed E-state index contributed by atoms with van der Waals surface area (Å²) < 4.78 is 11.3. The van der Waals surface area contributed by atoms with Crippen LogP contribution < -0.4 is 15.5 Å². The molecule has 3 aromatic carbocycles. The number of halogens is 1. The zero-order chi connectivity index (χ0) is 32.0. The van der Waals surface area contributed by atoms with Gasteiger partial charge < -0.3 is 19.4 Å². The van der Waals surface area contributed by atoms with Crippen molar-refractivity contribution in [3.63, 3.8) is 0 Å². The van der Waals surface area contributed by atoms with E-state index in [1.807, 2.05) is 29.2 Å². The molecule has 8 heteroatoms. The van der Waals surface area contributed by atoms with Crippen LogP contribution in [0.2, 0.25) is 5.02 Å². The van der Waals surface area contributed by atoms with E-state index in [0.29, 0.717) is 41.5 Å². The number of methoxy groups -OCH3 is 1. The maximum atomic E-state index is 13.5. The van der Waals surface area contributed by atoms with Gasteiger partial charge in [-0.3, -0.25) is 14.4 Å². The lowest BCUT2D eigenvalue weighted by Crippen LogP contribution is -2.36. The average Bonchev–Trinajstić information content (AvgIpc) is 3.07. The fourth-order valence-corrected chi connectivity index (χ4v) is 6.88. The highest BCUT2D eigenvalue weighted by atomic mass is 35.5. The van der Waals surface area contributed by atoms with Gasteiger partial charge in [-0.2, -0.15) is 0 Å². The van der Waals surface area contributed by atoms with E-state index in [0.717, 1.165) is 50.6 Å². The van der Waals surface area contributed by atoms with E-state index < -0.39 is 5.91 Å². The molecule has 2 heterocycles. The molecular weight excluding hydrogens is 600 g/mol. The molecule has 1 aliphatic heterocycles. The number of hydrogen-bond acceptors (Lipinski definition) is 5. The van der Waals surface area contributed by atoms with Gasteiger partial charge in [-0.1, -0.05) is 65.7 Å². The number of carbonyl (C=O) groups excluding carboxylic acids is 2. The Balaban J connectivity index is 1.20. The minimum atomic E-state index is -0.462. The third kappa shape index (κ3) is 7.37. The van der Waals surface area contributed by atoms with Crippen LogP contribution in [-0.2, 0) is 17.8 Å². The van der Waals surface area contributed by atoms with Gasteiger partial charge in [-0.05, 0) is 91.8 Å². The van der Waals surface area contributed by atoms with Crippen LogP contribution in [0.15, 0.2) is 93.7 Å². The summed E-state index contributed by atoms with van der Waals surface area (Å²) in [6, 6.07) is 22.2. The molecule has 1 atom stereocenters. The van der Waals surface area contributed by atoms with E-state index in [1.165, 1.54) is 29.9 Å². The normalized spacial score (nSPS) is 17.5. The minimum absolute atomic E-state index is 0.0611. The monoisotopic (exact) mass is 638 g/mol. The molecule has 1 saturated heterocycles. The van der Waals surface area contributed by atoms with Crippen LogP contribution in [0.3, 0.4) is 0 Å². The topological polar surface area (TPSA) is 88.9 Å². The molecule has 7 nitrogen and oxygen atoms in total. The highest BCUT2D eigenvalue weighted by Crippen LogP contribution is 2.38. The number of amides is 2. The van der Waals surface area contributed by atoms with Crippen molar-refractivity contribution in [2.24, 2.45) is 0 Å². The lowest BCUT2D eigenvalue weighted by molar-refractivity contribution is -0.133. The molecule has 0 spiro atoms. The summed E-state index contributed by atoms with van der Waals surface area (Å²) >= 11 is 6.14. The van der Waals surface area contributed by atoms with E-state index in [2.05, 4.69) is 35.7 Å². The number of rotatable bonds is 9. The fraction of sp³-hybridized carbons (Fsp3) is 0.342. The van der Waals surface area contributed by atoms with Gasteiger partial charge in [0, 0.05) is 30.6 Å². The lowest BCUT2D eigenvalue weighted by atomic mass is 9.79. The molecule has 238 valence electrons. The van der Waals surface area contributed by atoms with Crippen molar-refractivity contribution < 1.29 is 18.7 Å². The van der Waals surface area contributed by atoms with Crippen molar-refractivity contribution >= 4 is 34.4 Å². The number of benzene rings is 3. The van der Waals surface area contributed by atoms with Crippen molar-refractivity contribution in [3.8, 4) is 5.75 Å². The van der Waals surface area contributed by atoms with Crippen LogP contribution in [0, 0.1) is 0 Å². The maximum absolute atomic E-state index is 13.5. The smallest absolute Gasteiger partial charge is 0.287 e. The average molecular weight is 639 g/mol. The molecule has 1 aromatic heterocycles. The molecule has 1 aliphatic carbocycles. The van der Waals surface area contributed by atoms with Crippen LogP contribution >= 0.6 is 11.6 Å². The molecule has 6 rings (SSSR count).